The normalized spacial score (nSPS) is 16.6. The summed E-state index contributed by atoms with van der Waals surface area (Å²) in [6.45, 7) is 12.7. The van der Waals surface area contributed by atoms with E-state index >= 15 is 0 Å². The van der Waals surface area contributed by atoms with E-state index in [2.05, 4.69) is 26.6 Å². The average molecular weight is 1020 g/mol. The molecule has 19 heteroatoms. The quantitative estimate of drug-likeness (QED) is 0.0333. The van der Waals surface area contributed by atoms with Crippen molar-refractivity contribution in [1.82, 2.24) is 10.6 Å². The number of carbonyl (C=O) groups is 6. The van der Waals surface area contributed by atoms with E-state index in [-0.39, 0.29) is 26.1 Å². The average Bonchev–Trinajstić information content (AvgIpc) is 3.72. The molecule has 7 rings (SSSR count). The number of benzene rings is 5. The van der Waals surface area contributed by atoms with Gasteiger partial charge in [-0.3, -0.25) is 19.2 Å². The molecule has 392 valence electrons. The number of ether oxygens (including phenoxy) is 4. The highest BCUT2D eigenvalue weighted by molar-refractivity contribution is 6.13. The van der Waals surface area contributed by atoms with Gasteiger partial charge < -0.3 is 65.5 Å². The number of anilines is 5. The minimum atomic E-state index is -1.78. The lowest BCUT2D eigenvalue weighted by Crippen LogP contribution is -2.56. The number of nitrogens with one attached hydrogen (secondary N) is 5. The summed E-state index contributed by atoms with van der Waals surface area (Å²) in [6.07, 6.45) is -2.37. The molecule has 0 saturated carbocycles. The van der Waals surface area contributed by atoms with Gasteiger partial charge in [0.05, 0.1) is 43.9 Å². The van der Waals surface area contributed by atoms with Crippen molar-refractivity contribution in [3.05, 3.63) is 149 Å². The minimum absolute atomic E-state index is 0.0557. The summed E-state index contributed by atoms with van der Waals surface area (Å²) in [5, 5.41) is 32.8. The summed E-state index contributed by atoms with van der Waals surface area (Å²) in [6, 6.07) is 33.6. The summed E-state index contributed by atoms with van der Waals surface area (Å²) in [5.74, 6) is -2.74. The van der Waals surface area contributed by atoms with Crippen LogP contribution in [0.3, 0.4) is 0 Å². The summed E-state index contributed by atoms with van der Waals surface area (Å²) >= 11 is 0. The summed E-state index contributed by atoms with van der Waals surface area (Å²) in [7, 11) is 0. The van der Waals surface area contributed by atoms with E-state index in [9.17, 15) is 39.0 Å². The van der Waals surface area contributed by atoms with Crippen LogP contribution in [0.2, 0.25) is 0 Å². The van der Waals surface area contributed by atoms with Crippen LogP contribution in [-0.4, -0.2) is 98.1 Å². The first-order valence-electron chi connectivity index (χ1n) is 24.4. The van der Waals surface area contributed by atoms with Gasteiger partial charge in [0.25, 0.3) is 11.8 Å². The number of rotatable bonds is 22. The highest BCUT2D eigenvalue weighted by Gasteiger charge is 2.55. The molecule has 0 radical (unpaired) electrons. The van der Waals surface area contributed by atoms with E-state index in [0.717, 1.165) is 11.1 Å². The third kappa shape index (κ3) is 13.5. The maximum absolute atomic E-state index is 14.3. The van der Waals surface area contributed by atoms with Gasteiger partial charge >= 0.3 is 18.0 Å². The van der Waals surface area contributed by atoms with Crippen LogP contribution in [0.4, 0.5) is 38.0 Å². The lowest BCUT2D eigenvalue weighted by atomic mass is 9.87. The fourth-order valence-electron chi connectivity index (χ4n) is 8.79. The van der Waals surface area contributed by atoms with E-state index in [1.165, 1.54) is 9.80 Å². The molecule has 0 bridgehead atoms. The lowest BCUT2D eigenvalue weighted by molar-refractivity contribution is -0.143. The number of para-hydroxylation sites is 2. The highest BCUT2D eigenvalue weighted by Crippen LogP contribution is 2.44. The predicted molar refractivity (Wildman–Crippen MR) is 280 cm³/mol. The van der Waals surface area contributed by atoms with Gasteiger partial charge in [0.1, 0.15) is 0 Å². The number of urea groups is 2. The summed E-state index contributed by atoms with van der Waals surface area (Å²) in [4.78, 5) is 82.5. The van der Waals surface area contributed by atoms with Crippen LogP contribution in [0, 0.1) is 13.8 Å². The number of carboxylic acid groups (broad SMARTS) is 1. The Hall–Kier alpha value is -7.68. The molecule has 5 aromatic rings. The molecule has 2 aliphatic heterocycles. The van der Waals surface area contributed by atoms with Crippen molar-refractivity contribution < 1.29 is 57.9 Å². The lowest BCUT2D eigenvalue weighted by Gasteiger charge is -2.30. The Balaban J connectivity index is 0.000000247. The second kappa shape index (κ2) is 25.8. The highest BCUT2D eigenvalue weighted by atomic mass is 16.7. The van der Waals surface area contributed by atoms with Gasteiger partial charge in [0.15, 0.2) is 23.7 Å². The van der Waals surface area contributed by atoms with Crippen LogP contribution >= 0.6 is 0 Å². The van der Waals surface area contributed by atoms with Crippen molar-refractivity contribution in [1.29, 1.82) is 0 Å². The predicted octanol–water partition coefficient (Wildman–Crippen LogP) is 7.51. The second-order valence-corrected chi connectivity index (χ2v) is 17.4. The smallest absolute Gasteiger partial charge is 0.320 e. The van der Waals surface area contributed by atoms with Gasteiger partial charge in [-0.05, 0) is 95.6 Å². The number of carboxylic acids is 1. The molecule has 7 N–H and O–H groups in total. The van der Waals surface area contributed by atoms with Crippen LogP contribution in [0.25, 0.3) is 0 Å². The standard InChI is InChI=1S/C31H36N4O6.C24H29N3O6/c1-4-40-28(41-5-2)19-35-26-9-7-6-8-25(26)31(29(35)38,34-30(39)33-24-14-10-21(3)11-15-24)18-27(37)32-23-16-12-22(20-36)13-17-23;1-4-32-21(33-5-2)15-27-19-9-7-6-8-18(19)24(22(27)30,14-20(28)29)26-23(31)25-17-12-10-16(3)11-13-17/h6-17,28,36H,4-5,18-20H2,1-3H3,(H,32,37)(H2,33,34,39);6-13,21H,4-5,14-15H2,1-3H3,(H,28,29)(H2,25,26,31)/t31-;/m1./s1. The van der Waals surface area contributed by atoms with Gasteiger partial charge in [0, 0.05) is 54.6 Å². The number of aryl methyl sites for hydroxylation is 2. The van der Waals surface area contributed by atoms with Crippen LogP contribution in [0.15, 0.2) is 121 Å². The van der Waals surface area contributed by atoms with Crippen molar-refractivity contribution in [3.63, 3.8) is 0 Å². The summed E-state index contributed by atoms with van der Waals surface area (Å²) in [5.41, 5.74) is 2.78. The van der Waals surface area contributed by atoms with Gasteiger partial charge in [-0.15, -0.1) is 0 Å². The van der Waals surface area contributed by atoms with Crippen LogP contribution in [0.5, 0.6) is 0 Å². The third-order valence-corrected chi connectivity index (χ3v) is 12.1. The number of hydrogen-bond donors (Lipinski definition) is 7. The molecule has 0 fully saturated rings. The molecule has 0 spiro atoms. The first kappa shape index (κ1) is 55.6. The van der Waals surface area contributed by atoms with Crippen LogP contribution < -0.4 is 36.4 Å². The van der Waals surface area contributed by atoms with E-state index < -0.39 is 65.8 Å². The van der Waals surface area contributed by atoms with Gasteiger partial charge in [0.2, 0.25) is 5.91 Å². The molecule has 2 aliphatic rings. The SMILES string of the molecule is CCOC(CN1C(=O)C(CC(=O)O)(NC(=O)Nc2ccc(C)cc2)c2ccccc21)OCC.CCOC(CN1C(=O)[C@](CC(=O)Nc2ccc(CO)cc2)(NC(=O)Nc2ccc(C)cc2)c2ccccc21)OCC. The maximum atomic E-state index is 14.3. The monoisotopic (exact) mass is 1020 g/mol. The van der Waals surface area contributed by atoms with Crippen LogP contribution in [0.1, 0.15) is 68.4 Å². The van der Waals surface area contributed by atoms with Crippen molar-refractivity contribution in [2.45, 2.75) is 84.6 Å². The van der Waals surface area contributed by atoms with Gasteiger partial charge in [-0.2, -0.15) is 0 Å². The van der Waals surface area contributed by atoms with Gasteiger partial charge in [-0.1, -0.05) is 83.9 Å². The zero-order valence-electron chi connectivity index (χ0n) is 42.4. The topological polar surface area (TPSA) is 246 Å². The number of fused-ring (bicyclic) bond motifs is 2. The summed E-state index contributed by atoms with van der Waals surface area (Å²) < 4.78 is 22.6. The van der Waals surface area contributed by atoms with Crippen molar-refractivity contribution >= 4 is 64.2 Å². The zero-order valence-corrected chi connectivity index (χ0v) is 42.4. The Kier molecular flexibility index (Phi) is 19.4. The Labute approximate surface area is 430 Å². The van der Waals surface area contributed by atoms with Crippen molar-refractivity contribution in [3.8, 4) is 0 Å². The van der Waals surface area contributed by atoms with E-state index in [1.54, 1.807) is 97.1 Å². The Morgan fingerprint density at radius 2 is 0.892 bits per heavy atom. The zero-order chi connectivity index (χ0) is 53.4. The van der Waals surface area contributed by atoms with Crippen LogP contribution in [-0.2, 0) is 55.8 Å². The van der Waals surface area contributed by atoms with Crippen molar-refractivity contribution in [2.24, 2.45) is 0 Å². The second-order valence-electron chi connectivity index (χ2n) is 17.4. The first-order chi connectivity index (χ1) is 35.6. The number of aliphatic hydroxyl groups is 1. The van der Waals surface area contributed by atoms with E-state index in [0.29, 0.717) is 71.6 Å². The molecule has 2 heterocycles. The number of aliphatic hydroxyl groups excluding tert-OH is 1. The fraction of sp³-hybridized carbons (Fsp3) is 0.345. The Morgan fingerprint density at radius 3 is 1.27 bits per heavy atom. The number of carbonyl (C=O) groups excluding carboxylic acids is 5. The molecule has 7 amide bonds. The first-order valence-corrected chi connectivity index (χ1v) is 24.4. The number of hydrogen-bond acceptors (Lipinski definition) is 11. The van der Waals surface area contributed by atoms with E-state index in [1.807, 2.05) is 65.8 Å². The minimum Gasteiger partial charge on any atom is -0.481 e. The molecule has 0 aliphatic carbocycles. The molecule has 2 atom stereocenters. The molecular weight excluding hydrogens is 951 g/mol. The largest absolute Gasteiger partial charge is 0.481 e. The third-order valence-electron chi connectivity index (χ3n) is 12.1. The van der Waals surface area contributed by atoms with E-state index in [4.69, 9.17) is 18.9 Å². The fourth-order valence-corrected chi connectivity index (χ4v) is 8.79. The molecule has 0 saturated heterocycles. The Bertz CT molecular complexity index is 2730. The molecule has 19 nitrogen and oxygen atoms in total. The number of amides is 7. The number of aliphatic carboxylic acids is 1. The Morgan fingerprint density at radius 1 is 0.527 bits per heavy atom. The molecule has 5 aromatic carbocycles. The van der Waals surface area contributed by atoms with Gasteiger partial charge in [-0.25, -0.2) is 9.59 Å². The maximum Gasteiger partial charge on any atom is 0.320 e. The number of nitrogens with zero attached hydrogens (tertiary/aromatic N) is 2. The molecular formula is C55H65N7O12. The van der Waals surface area contributed by atoms with Crippen molar-refractivity contribution in [2.75, 3.05) is 65.3 Å². The molecule has 0 aromatic heterocycles. The molecule has 1 unspecified atom stereocenters. The molecule has 74 heavy (non-hydrogen) atoms.